The minimum atomic E-state index is 0.274. The van der Waals surface area contributed by atoms with Gasteiger partial charge in [0.05, 0.1) is 0 Å². The molecule has 110 valence electrons. The lowest BCUT2D eigenvalue weighted by Gasteiger charge is -2.31. The first-order valence-electron chi connectivity index (χ1n) is 7.21. The van der Waals surface area contributed by atoms with E-state index >= 15 is 0 Å². The summed E-state index contributed by atoms with van der Waals surface area (Å²) in [6.45, 7) is 3.60. The molecule has 0 unspecified atom stereocenters. The molecule has 2 aliphatic heterocycles. The SMILES string of the molecule is CN(c1nc(Cl)nc(N2CCCC2)n1)C1CCOCC1. The minimum absolute atomic E-state index is 0.274. The molecule has 0 aliphatic carbocycles. The highest BCUT2D eigenvalue weighted by atomic mass is 35.5. The summed E-state index contributed by atoms with van der Waals surface area (Å²) in [6.07, 6.45) is 4.38. The smallest absolute Gasteiger partial charge is 0.231 e. The van der Waals surface area contributed by atoms with E-state index in [9.17, 15) is 0 Å². The van der Waals surface area contributed by atoms with Gasteiger partial charge in [0.25, 0.3) is 0 Å². The van der Waals surface area contributed by atoms with Crippen molar-refractivity contribution < 1.29 is 4.74 Å². The molecule has 0 N–H and O–H groups in total. The second-order valence-corrected chi connectivity index (χ2v) is 5.69. The molecule has 0 saturated carbocycles. The van der Waals surface area contributed by atoms with Crippen molar-refractivity contribution >= 4 is 23.5 Å². The molecule has 2 saturated heterocycles. The molecule has 2 fully saturated rings. The van der Waals surface area contributed by atoms with Crippen LogP contribution < -0.4 is 9.80 Å². The van der Waals surface area contributed by atoms with Crippen molar-refractivity contribution in [2.75, 3.05) is 43.2 Å². The Labute approximate surface area is 124 Å². The molecule has 0 aromatic carbocycles. The predicted molar refractivity (Wildman–Crippen MR) is 78.5 cm³/mol. The molecular weight excluding hydrogens is 278 g/mol. The maximum Gasteiger partial charge on any atom is 0.231 e. The molecule has 20 heavy (non-hydrogen) atoms. The van der Waals surface area contributed by atoms with Crippen molar-refractivity contribution in [3.05, 3.63) is 5.28 Å². The van der Waals surface area contributed by atoms with E-state index in [2.05, 4.69) is 24.8 Å². The second kappa shape index (κ2) is 6.10. The summed E-state index contributed by atoms with van der Waals surface area (Å²) in [6, 6.07) is 0.411. The molecule has 0 radical (unpaired) electrons. The molecule has 6 nitrogen and oxygen atoms in total. The van der Waals surface area contributed by atoms with E-state index in [1.54, 1.807) is 0 Å². The number of halogens is 1. The third-order valence-electron chi connectivity index (χ3n) is 4.03. The Hall–Kier alpha value is -1.14. The molecule has 0 spiro atoms. The Balaban J connectivity index is 1.80. The fourth-order valence-electron chi connectivity index (χ4n) is 2.78. The van der Waals surface area contributed by atoms with Gasteiger partial charge in [-0.15, -0.1) is 0 Å². The van der Waals surface area contributed by atoms with Gasteiger partial charge in [0.2, 0.25) is 17.2 Å². The highest BCUT2D eigenvalue weighted by Crippen LogP contribution is 2.23. The Bertz CT molecular complexity index is 460. The third-order valence-corrected chi connectivity index (χ3v) is 4.20. The van der Waals surface area contributed by atoms with Crippen LogP contribution in [0.15, 0.2) is 0 Å². The third kappa shape index (κ3) is 2.96. The van der Waals surface area contributed by atoms with Crippen molar-refractivity contribution in [3.8, 4) is 0 Å². The number of aromatic nitrogens is 3. The number of ether oxygens (including phenoxy) is 1. The first-order valence-corrected chi connectivity index (χ1v) is 7.59. The highest BCUT2D eigenvalue weighted by Gasteiger charge is 2.23. The van der Waals surface area contributed by atoms with E-state index < -0.39 is 0 Å². The fraction of sp³-hybridized carbons (Fsp3) is 0.769. The monoisotopic (exact) mass is 297 g/mol. The van der Waals surface area contributed by atoms with Crippen LogP contribution in [-0.4, -0.2) is 54.3 Å². The Morgan fingerprint density at radius 2 is 1.85 bits per heavy atom. The minimum Gasteiger partial charge on any atom is -0.381 e. The second-order valence-electron chi connectivity index (χ2n) is 5.35. The van der Waals surface area contributed by atoms with Gasteiger partial charge in [-0.25, -0.2) is 0 Å². The number of rotatable bonds is 3. The molecule has 3 rings (SSSR count). The molecule has 0 atom stereocenters. The summed E-state index contributed by atoms with van der Waals surface area (Å²) in [4.78, 5) is 17.4. The maximum atomic E-state index is 6.07. The predicted octanol–water partition coefficient (Wildman–Crippen LogP) is 1.74. The first-order chi connectivity index (χ1) is 9.74. The number of nitrogens with zero attached hydrogens (tertiary/aromatic N) is 5. The summed E-state index contributed by atoms with van der Waals surface area (Å²) < 4.78 is 5.40. The standard InChI is InChI=1S/C13H20ClN5O/c1-18(10-4-8-20-9-5-10)12-15-11(14)16-13(17-12)19-6-2-3-7-19/h10H,2-9H2,1H3. The van der Waals surface area contributed by atoms with Gasteiger partial charge in [0.15, 0.2) is 0 Å². The van der Waals surface area contributed by atoms with E-state index in [4.69, 9.17) is 16.3 Å². The van der Waals surface area contributed by atoms with E-state index in [-0.39, 0.29) is 5.28 Å². The zero-order valence-electron chi connectivity index (χ0n) is 11.8. The van der Waals surface area contributed by atoms with Crippen LogP contribution in [0.1, 0.15) is 25.7 Å². The van der Waals surface area contributed by atoms with Crippen LogP contribution in [-0.2, 0) is 4.74 Å². The summed E-state index contributed by atoms with van der Waals surface area (Å²) in [7, 11) is 2.02. The van der Waals surface area contributed by atoms with Crippen LogP contribution in [0.25, 0.3) is 0 Å². The molecule has 7 heteroatoms. The molecule has 1 aromatic heterocycles. The van der Waals surface area contributed by atoms with Gasteiger partial charge in [-0.2, -0.15) is 15.0 Å². The molecule has 1 aromatic rings. The molecule has 3 heterocycles. The van der Waals surface area contributed by atoms with E-state index in [0.29, 0.717) is 17.9 Å². The number of hydrogen-bond donors (Lipinski definition) is 0. The van der Waals surface area contributed by atoms with Crippen LogP contribution >= 0.6 is 11.6 Å². The average Bonchev–Trinajstić information content (AvgIpc) is 3.01. The molecular formula is C13H20ClN5O. The quantitative estimate of drug-likeness (QED) is 0.847. The van der Waals surface area contributed by atoms with Gasteiger partial charge >= 0.3 is 0 Å². The largest absolute Gasteiger partial charge is 0.381 e. The molecule has 0 bridgehead atoms. The maximum absolute atomic E-state index is 6.07. The summed E-state index contributed by atoms with van der Waals surface area (Å²) in [5.41, 5.74) is 0. The van der Waals surface area contributed by atoms with Gasteiger partial charge in [-0.3, -0.25) is 0 Å². The fourth-order valence-corrected chi connectivity index (χ4v) is 2.93. The zero-order valence-corrected chi connectivity index (χ0v) is 12.5. The van der Waals surface area contributed by atoms with Crippen molar-refractivity contribution in [2.45, 2.75) is 31.7 Å². The van der Waals surface area contributed by atoms with E-state index in [0.717, 1.165) is 39.1 Å². The highest BCUT2D eigenvalue weighted by molar-refractivity contribution is 6.28. The zero-order chi connectivity index (χ0) is 13.9. The summed E-state index contributed by atoms with van der Waals surface area (Å²) in [5, 5.41) is 0.274. The lowest BCUT2D eigenvalue weighted by molar-refractivity contribution is 0.0852. The Morgan fingerprint density at radius 3 is 2.55 bits per heavy atom. The molecule has 0 amide bonds. The lowest BCUT2D eigenvalue weighted by atomic mass is 10.1. The van der Waals surface area contributed by atoms with Gasteiger partial charge in [0.1, 0.15) is 0 Å². The van der Waals surface area contributed by atoms with Gasteiger partial charge in [0, 0.05) is 39.4 Å². The first kappa shape index (κ1) is 13.8. The number of hydrogen-bond acceptors (Lipinski definition) is 6. The normalized spacial score (nSPS) is 20.4. The van der Waals surface area contributed by atoms with Crippen LogP contribution in [0.5, 0.6) is 0 Å². The summed E-state index contributed by atoms with van der Waals surface area (Å²) >= 11 is 6.07. The van der Waals surface area contributed by atoms with Crippen molar-refractivity contribution in [1.29, 1.82) is 0 Å². The van der Waals surface area contributed by atoms with E-state index in [1.165, 1.54) is 12.8 Å². The van der Waals surface area contributed by atoms with Crippen LogP contribution in [0, 0.1) is 0 Å². The van der Waals surface area contributed by atoms with Gasteiger partial charge < -0.3 is 14.5 Å². The average molecular weight is 298 g/mol. The van der Waals surface area contributed by atoms with Crippen molar-refractivity contribution in [2.24, 2.45) is 0 Å². The molecule has 2 aliphatic rings. The van der Waals surface area contributed by atoms with E-state index in [1.807, 2.05) is 7.05 Å². The van der Waals surface area contributed by atoms with Crippen molar-refractivity contribution in [1.82, 2.24) is 15.0 Å². The Morgan fingerprint density at radius 1 is 1.15 bits per heavy atom. The lowest BCUT2D eigenvalue weighted by Crippen LogP contribution is -2.38. The summed E-state index contributed by atoms with van der Waals surface area (Å²) in [5.74, 6) is 1.37. The number of anilines is 2. The van der Waals surface area contributed by atoms with Crippen molar-refractivity contribution in [3.63, 3.8) is 0 Å². The topological polar surface area (TPSA) is 54.4 Å². The van der Waals surface area contributed by atoms with Gasteiger partial charge in [-0.1, -0.05) is 0 Å². The van der Waals surface area contributed by atoms with Gasteiger partial charge in [-0.05, 0) is 37.3 Å². The van der Waals surface area contributed by atoms with Crippen LogP contribution in [0.4, 0.5) is 11.9 Å². The van der Waals surface area contributed by atoms with Crippen LogP contribution in [0.3, 0.4) is 0 Å². The Kier molecular flexibility index (Phi) is 4.21. The van der Waals surface area contributed by atoms with Crippen LogP contribution in [0.2, 0.25) is 5.28 Å².